The SMILES string of the molecule is O=C(N[C@H](c1cn2ncc(C[C@@]3(c4nn[nH]n4)C[C@@H](C(F)(F)F)NC3=O)cc2n1)C1CCC(F)(F)CC1)c1nonc1C1CC1. The predicted molar refractivity (Wildman–Crippen MR) is 139 cm³/mol. The second-order valence-corrected chi connectivity index (χ2v) is 12.0. The molecule has 3 atom stereocenters. The molecular weight excluding hydrogens is 609 g/mol. The normalized spacial score (nSPS) is 24.6. The van der Waals surface area contributed by atoms with E-state index in [1.165, 1.54) is 10.7 Å². The molecule has 14 nitrogen and oxygen atoms in total. The maximum atomic E-state index is 14.1. The molecule has 238 valence electrons. The number of H-pyrrole nitrogens is 1. The molecule has 4 aromatic rings. The second kappa shape index (κ2) is 10.5. The van der Waals surface area contributed by atoms with Crippen LogP contribution in [-0.2, 0) is 16.6 Å². The average molecular weight is 636 g/mol. The first kappa shape index (κ1) is 29.1. The Balaban J connectivity index is 1.19. The fraction of sp³-hybridized carbons (Fsp3) is 0.577. The van der Waals surface area contributed by atoms with E-state index in [9.17, 15) is 31.5 Å². The van der Waals surface area contributed by atoms with E-state index in [-0.39, 0.29) is 61.1 Å². The van der Waals surface area contributed by atoms with Crippen molar-refractivity contribution in [3.8, 4) is 0 Å². The van der Waals surface area contributed by atoms with Gasteiger partial charge in [-0.3, -0.25) is 9.59 Å². The third-order valence-corrected chi connectivity index (χ3v) is 8.89. The van der Waals surface area contributed by atoms with Crippen LogP contribution in [0.4, 0.5) is 22.0 Å². The lowest BCUT2D eigenvalue weighted by Crippen LogP contribution is -2.40. The zero-order valence-corrected chi connectivity index (χ0v) is 23.4. The molecule has 5 heterocycles. The molecular formula is C26H26F5N11O3. The summed E-state index contributed by atoms with van der Waals surface area (Å²) in [6.07, 6.45) is -1.40. The van der Waals surface area contributed by atoms with Crippen molar-refractivity contribution in [1.82, 2.24) is 56.2 Å². The van der Waals surface area contributed by atoms with Crippen LogP contribution in [0.2, 0.25) is 0 Å². The third kappa shape index (κ3) is 5.47. The van der Waals surface area contributed by atoms with Crippen molar-refractivity contribution < 1.29 is 36.2 Å². The van der Waals surface area contributed by atoms with Crippen LogP contribution in [0.25, 0.3) is 5.65 Å². The first-order chi connectivity index (χ1) is 21.4. The van der Waals surface area contributed by atoms with Crippen LogP contribution in [0, 0.1) is 5.92 Å². The van der Waals surface area contributed by atoms with Gasteiger partial charge in [0.15, 0.2) is 17.2 Å². The van der Waals surface area contributed by atoms with E-state index in [1.807, 2.05) is 5.32 Å². The van der Waals surface area contributed by atoms with E-state index in [0.29, 0.717) is 17.0 Å². The molecule has 0 radical (unpaired) electrons. The number of hydrogen-bond donors (Lipinski definition) is 3. The van der Waals surface area contributed by atoms with Crippen LogP contribution in [0.5, 0.6) is 0 Å². The Morgan fingerprint density at radius 1 is 1.18 bits per heavy atom. The van der Waals surface area contributed by atoms with Crippen LogP contribution < -0.4 is 10.6 Å². The average Bonchev–Trinajstić information content (AvgIpc) is 3.39. The number of alkyl halides is 5. The number of halogens is 5. The topological polar surface area (TPSA) is 182 Å². The van der Waals surface area contributed by atoms with E-state index in [1.54, 1.807) is 12.3 Å². The number of nitrogens with zero attached hydrogens (tertiary/aromatic N) is 8. The highest BCUT2D eigenvalue weighted by molar-refractivity contribution is 5.93. The Kier molecular flexibility index (Phi) is 6.81. The highest BCUT2D eigenvalue weighted by Gasteiger charge is 2.58. The van der Waals surface area contributed by atoms with Crippen molar-refractivity contribution in [3.63, 3.8) is 0 Å². The van der Waals surface area contributed by atoms with Gasteiger partial charge in [-0.25, -0.2) is 22.9 Å². The molecule has 2 saturated carbocycles. The van der Waals surface area contributed by atoms with Crippen molar-refractivity contribution in [2.24, 2.45) is 5.92 Å². The van der Waals surface area contributed by atoms with Gasteiger partial charge in [0.2, 0.25) is 11.8 Å². The lowest BCUT2D eigenvalue weighted by molar-refractivity contribution is -0.155. The highest BCUT2D eigenvalue weighted by atomic mass is 19.4. The molecule has 1 aliphatic heterocycles. The molecule has 3 aliphatic rings. The summed E-state index contributed by atoms with van der Waals surface area (Å²) in [6.45, 7) is 0. The van der Waals surface area contributed by atoms with Gasteiger partial charge in [-0.2, -0.15) is 23.5 Å². The van der Waals surface area contributed by atoms with Crippen LogP contribution in [0.3, 0.4) is 0 Å². The van der Waals surface area contributed by atoms with E-state index in [4.69, 9.17) is 4.63 Å². The van der Waals surface area contributed by atoms with Gasteiger partial charge >= 0.3 is 6.18 Å². The summed E-state index contributed by atoms with van der Waals surface area (Å²) in [6, 6.07) is -1.35. The molecule has 7 rings (SSSR count). The standard InChI is InChI=1S/C26H26F5N11O3/c27-25(28)5-3-14(4-6-25)18(35-21(43)20-19(13-1-2-13)38-45-39-20)15-11-42-17(33-15)7-12(10-32-42)8-24(22-36-40-41-37-22)9-16(26(29,30)31)34-23(24)44/h7,10-11,13-14,16,18H,1-6,8-9H2,(H,34,44)(H,35,43)(H,36,37,40,41)/t16-,18-,24-/m0/s1. The molecule has 3 fully saturated rings. The molecule has 1 saturated heterocycles. The van der Waals surface area contributed by atoms with E-state index in [0.717, 1.165) is 12.8 Å². The minimum Gasteiger partial charge on any atom is -0.343 e. The first-order valence-electron chi connectivity index (χ1n) is 14.4. The first-order valence-corrected chi connectivity index (χ1v) is 14.4. The monoisotopic (exact) mass is 635 g/mol. The van der Waals surface area contributed by atoms with Gasteiger partial charge in [0.1, 0.15) is 17.2 Å². The van der Waals surface area contributed by atoms with Gasteiger partial charge in [0.25, 0.3) is 5.91 Å². The smallest absolute Gasteiger partial charge is 0.343 e. The minimum absolute atomic E-state index is 0.0339. The zero-order valence-electron chi connectivity index (χ0n) is 23.4. The van der Waals surface area contributed by atoms with Crippen molar-refractivity contribution in [2.45, 2.75) is 86.9 Å². The minimum atomic E-state index is -4.69. The molecule has 0 bridgehead atoms. The summed E-state index contributed by atoms with van der Waals surface area (Å²) in [4.78, 5) is 31.0. The fourth-order valence-electron chi connectivity index (χ4n) is 6.32. The van der Waals surface area contributed by atoms with Crippen LogP contribution >= 0.6 is 0 Å². The van der Waals surface area contributed by atoms with Gasteiger partial charge in [-0.05, 0) is 61.2 Å². The van der Waals surface area contributed by atoms with Gasteiger partial charge in [-0.1, -0.05) is 10.4 Å². The van der Waals surface area contributed by atoms with E-state index >= 15 is 0 Å². The van der Waals surface area contributed by atoms with Crippen LogP contribution in [0.15, 0.2) is 23.1 Å². The Morgan fingerprint density at radius 3 is 2.62 bits per heavy atom. The molecule has 4 aromatic heterocycles. The Morgan fingerprint density at radius 2 is 1.96 bits per heavy atom. The quantitative estimate of drug-likeness (QED) is 0.244. The molecule has 0 spiro atoms. The number of tetrazole rings is 1. The fourth-order valence-corrected chi connectivity index (χ4v) is 6.32. The number of aromatic amines is 1. The van der Waals surface area contributed by atoms with E-state index < -0.39 is 47.8 Å². The van der Waals surface area contributed by atoms with Gasteiger partial charge < -0.3 is 10.6 Å². The van der Waals surface area contributed by atoms with Gasteiger partial charge in [0.05, 0.1) is 24.1 Å². The number of amides is 2. The van der Waals surface area contributed by atoms with Gasteiger partial charge in [-0.15, -0.1) is 10.2 Å². The molecule has 2 aliphatic carbocycles. The lowest BCUT2D eigenvalue weighted by atomic mass is 9.78. The summed E-state index contributed by atoms with van der Waals surface area (Å²) in [5, 5.41) is 30.2. The maximum Gasteiger partial charge on any atom is 0.408 e. The summed E-state index contributed by atoms with van der Waals surface area (Å²) in [5.41, 5.74) is -0.330. The molecule has 0 aromatic carbocycles. The Labute approximate surface area is 249 Å². The second-order valence-electron chi connectivity index (χ2n) is 12.0. The summed E-state index contributed by atoms with van der Waals surface area (Å²) in [5.74, 6) is -4.78. The zero-order chi connectivity index (χ0) is 31.6. The van der Waals surface area contributed by atoms with Crippen LogP contribution in [-0.4, -0.2) is 75.5 Å². The number of hydrogen-bond acceptors (Lipinski definition) is 10. The Hall–Kier alpha value is -4.58. The largest absolute Gasteiger partial charge is 0.408 e. The van der Waals surface area contributed by atoms with Crippen molar-refractivity contribution >= 4 is 17.5 Å². The molecule has 45 heavy (non-hydrogen) atoms. The number of carbonyl (C=O) groups excluding carboxylic acids is 2. The summed E-state index contributed by atoms with van der Waals surface area (Å²) >= 11 is 0. The third-order valence-electron chi connectivity index (χ3n) is 8.89. The molecule has 3 N–H and O–H groups in total. The predicted octanol–water partition coefficient (Wildman–Crippen LogP) is 2.73. The lowest BCUT2D eigenvalue weighted by Gasteiger charge is -2.33. The van der Waals surface area contributed by atoms with Crippen molar-refractivity contribution in [2.75, 3.05) is 0 Å². The van der Waals surface area contributed by atoms with Gasteiger partial charge in [0, 0.05) is 18.8 Å². The van der Waals surface area contributed by atoms with Crippen LogP contribution in [0.1, 0.15) is 90.2 Å². The number of carbonyl (C=O) groups is 2. The number of nitrogens with one attached hydrogen (secondary N) is 3. The maximum absolute atomic E-state index is 14.1. The molecule has 2 amide bonds. The number of fused-ring (bicyclic) bond motifs is 1. The van der Waals surface area contributed by atoms with E-state index in [2.05, 4.69) is 46.3 Å². The summed E-state index contributed by atoms with van der Waals surface area (Å²) < 4.78 is 75.1. The van der Waals surface area contributed by atoms with Crippen molar-refractivity contribution in [3.05, 3.63) is 46.9 Å². The number of rotatable bonds is 8. The molecule has 19 heteroatoms. The highest BCUT2D eigenvalue weighted by Crippen LogP contribution is 2.43. The van der Waals surface area contributed by atoms with Crippen molar-refractivity contribution in [1.29, 1.82) is 0 Å². The summed E-state index contributed by atoms with van der Waals surface area (Å²) in [7, 11) is 0. The number of aromatic nitrogens is 9. The Bertz CT molecular complexity index is 1730. The number of imidazole rings is 1. The molecule has 0 unspecified atom stereocenters.